The van der Waals surface area contributed by atoms with Crippen LogP contribution in [0.3, 0.4) is 0 Å². The molecule has 26 heavy (non-hydrogen) atoms. The minimum absolute atomic E-state index is 0.0301. The molecule has 1 heterocycles. The van der Waals surface area contributed by atoms with Crippen LogP contribution in [0.2, 0.25) is 0 Å². The quantitative estimate of drug-likeness (QED) is 0.635. The number of carbonyl (C=O) groups excluding carboxylic acids is 1. The van der Waals surface area contributed by atoms with Crippen LogP contribution in [0, 0.1) is 5.82 Å². The maximum atomic E-state index is 12.9. The van der Waals surface area contributed by atoms with Crippen LogP contribution in [-0.2, 0) is 0 Å². The Morgan fingerprint density at radius 2 is 1.69 bits per heavy atom. The summed E-state index contributed by atoms with van der Waals surface area (Å²) < 4.78 is 12.9. The van der Waals surface area contributed by atoms with Crippen LogP contribution in [0.4, 0.5) is 16.0 Å². The van der Waals surface area contributed by atoms with Gasteiger partial charge in [-0.2, -0.15) is 0 Å². The highest BCUT2D eigenvalue weighted by Crippen LogP contribution is 2.15. The topological polar surface area (TPSA) is 87.1 Å². The molecule has 0 aliphatic rings. The van der Waals surface area contributed by atoms with Gasteiger partial charge < -0.3 is 15.7 Å². The first kappa shape index (κ1) is 17.5. The molecule has 1 amide bonds. The summed E-state index contributed by atoms with van der Waals surface area (Å²) in [6.45, 7) is 0.0301. The Bertz CT molecular complexity index is 855. The van der Waals surface area contributed by atoms with E-state index in [9.17, 15) is 14.3 Å². The van der Waals surface area contributed by atoms with Gasteiger partial charge in [0.15, 0.2) is 0 Å². The first-order valence-corrected chi connectivity index (χ1v) is 7.97. The molecule has 0 aliphatic carbocycles. The average Bonchev–Trinajstić information content (AvgIpc) is 2.68. The van der Waals surface area contributed by atoms with Crippen LogP contribution < -0.4 is 10.6 Å². The zero-order valence-corrected chi connectivity index (χ0v) is 13.8. The van der Waals surface area contributed by atoms with Crippen molar-refractivity contribution in [3.63, 3.8) is 0 Å². The molecule has 1 atom stereocenters. The van der Waals surface area contributed by atoms with Gasteiger partial charge in [-0.05, 0) is 48.0 Å². The molecular weight excluding hydrogens is 335 g/mol. The zero-order valence-electron chi connectivity index (χ0n) is 13.8. The highest BCUT2D eigenvalue weighted by molar-refractivity contribution is 5.94. The van der Waals surface area contributed by atoms with Crippen LogP contribution in [0.1, 0.15) is 22.0 Å². The number of halogens is 1. The minimum atomic E-state index is -0.907. The highest BCUT2D eigenvalue weighted by atomic mass is 19.1. The van der Waals surface area contributed by atoms with E-state index in [4.69, 9.17) is 0 Å². The van der Waals surface area contributed by atoms with Crippen molar-refractivity contribution < 1.29 is 14.3 Å². The first-order valence-electron chi connectivity index (χ1n) is 7.97. The van der Waals surface area contributed by atoms with E-state index < -0.39 is 6.10 Å². The largest absolute Gasteiger partial charge is 0.387 e. The Kier molecular flexibility index (Phi) is 5.50. The third-order valence-electron chi connectivity index (χ3n) is 3.68. The number of anilines is 2. The molecule has 1 unspecified atom stereocenters. The van der Waals surface area contributed by atoms with Crippen molar-refractivity contribution in [2.24, 2.45) is 0 Å². The third kappa shape index (κ3) is 4.61. The van der Waals surface area contributed by atoms with Crippen LogP contribution in [-0.4, -0.2) is 27.5 Å². The maximum absolute atomic E-state index is 12.9. The van der Waals surface area contributed by atoms with Gasteiger partial charge in [0.2, 0.25) is 5.95 Å². The van der Waals surface area contributed by atoms with Crippen LogP contribution in [0.15, 0.2) is 67.0 Å². The lowest BCUT2D eigenvalue weighted by Gasteiger charge is -2.12. The van der Waals surface area contributed by atoms with Crippen molar-refractivity contribution in [1.29, 1.82) is 0 Å². The molecule has 0 spiro atoms. The summed E-state index contributed by atoms with van der Waals surface area (Å²) in [4.78, 5) is 20.3. The summed E-state index contributed by atoms with van der Waals surface area (Å²) in [6, 6.07) is 14.0. The summed E-state index contributed by atoms with van der Waals surface area (Å²) >= 11 is 0. The number of amides is 1. The number of rotatable bonds is 6. The summed E-state index contributed by atoms with van der Waals surface area (Å²) in [5.74, 6) is -0.222. The number of aliphatic hydroxyl groups excluding tert-OH is 1. The van der Waals surface area contributed by atoms with E-state index in [0.29, 0.717) is 17.1 Å². The number of nitrogens with one attached hydrogen (secondary N) is 2. The lowest BCUT2D eigenvalue weighted by atomic mass is 10.1. The predicted molar refractivity (Wildman–Crippen MR) is 95.4 cm³/mol. The van der Waals surface area contributed by atoms with Gasteiger partial charge in [-0.15, -0.1) is 0 Å². The normalized spacial score (nSPS) is 11.6. The van der Waals surface area contributed by atoms with E-state index in [0.717, 1.165) is 5.69 Å². The fraction of sp³-hybridized carbons (Fsp3) is 0.105. The van der Waals surface area contributed by atoms with Gasteiger partial charge in [0, 0.05) is 30.2 Å². The molecule has 3 rings (SSSR count). The molecule has 0 saturated carbocycles. The van der Waals surface area contributed by atoms with Crippen molar-refractivity contribution in [1.82, 2.24) is 15.3 Å². The molecule has 1 aromatic heterocycles. The van der Waals surface area contributed by atoms with Gasteiger partial charge >= 0.3 is 0 Å². The second kappa shape index (κ2) is 8.17. The Morgan fingerprint density at radius 1 is 1.04 bits per heavy atom. The fourth-order valence-electron chi connectivity index (χ4n) is 2.29. The second-order valence-corrected chi connectivity index (χ2v) is 5.55. The maximum Gasteiger partial charge on any atom is 0.251 e. The SMILES string of the molecule is O=C(NCC(O)c1ccc(F)cc1)c1ccc(Nc2ncccn2)cc1. The summed E-state index contributed by atoms with van der Waals surface area (Å²) in [7, 11) is 0. The monoisotopic (exact) mass is 352 g/mol. The molecule has 3 N–H and O–H groups in total. The van der Waals surface area contributed by atoms with Crippen molar-refractivity contribution >= 4 is 17.5 Å². The smallest absolute Gasteiger partial charge is 0.251 e. The standard InChI is InChI=1S/C19H17FN4O2/c20-15-6-2-13(3-7-15)17(25)12-23-18(26)14-4-8-16(9-5-14)24-19-21-10-1-11-22-19/h1-11,17,25H,12H2,(H,23,26)(H,21,22,24). The summed E-state index contributed by atoms with van der Waals surface area (Å²) in [5, 5.41) is 15.7. The molecule has 132 valence electrons. The molecule has 3 aromatic rings. The Balaban J connectivity index is 1.55. The number of carbonyl (C=O) groups is 1. The predicted octanol–water partition coefficient (Wildman–Crippen LogP) is 2.82. The van der Waals surface area contributed by atoms with Crippen LogP contribution >= 0.6 is 0 Å². The Morgan fingerprint density at radius 3 is 2.35 bits per heavy atom. The van der Waals surface area contributed by atoms with E-state index in [1.54, 1.807) is 42.7 Å². The number of hydrogen-bond donors (Lipinski definition) is 3. The van der Waals surface area contributed by atoms with Crippen LogP contribution in [0.25, 0.3) is 0 Å². The number of aromatic nitrogens is 2. The van der Waals surface area contributed by atoms with E-state index in [-0.39, 0.29) is 18.3 Å². The Hall–Kier alpha value is -3.32. The van der Waals surface area contributed by atoms with Crippen molar-refractivity contribution in [2.75, 3.05) is 11.9 Å². The zero-order chi connectivity index (χ0) is 18.4. The third-order valence-corrected chi connectivity index (χ3v) is 3.68. The minimum Gasteiger partial charge on any atom is -0.387 e. The number of hydrogen-bond acceptors (Lipinski definition) is 5. The van der Waals surface area contributed by atoms with Gasteiger partial charge in [0.25, 0.3) is 5.91 Å². The summed E-state index contributed by atoms with van der Waals surface area (Å²) in [5.41, 5.74) is 1.74. The number of nitrogens with zero attached hydrogens (tertiary/aromatic N) is 2. The van der Waals surface area contributed by atoms with Gasteiger partial charge in [-0.1, -0.05) is 12.1 Å². The lowest BCUT2D eigenvalue weighted by Crippen LogP contribution is -2.28. The van der Waals surface area contributed by atoms with Gasteiger partial charge in [-0.3, -0.25) is 4.79 Å². The van der Waals surface area contributed by atoms with Gasteiger partial charge in [-0.25, -0.2) is 14.4 Å². The van der Waals surface area contributed by atoms with Crippen LogP contribution in [0.5, 0.6) is 0 Å². The molecule has 0 aliphatic heterocycles. The van der Waals surface area contributed by atoms with Crippen molar-refractivity contribution in [2.45, 2.75) is 6.10 Å². The van der Waals surface area contributed by atoms with Crippen molar-refractivity contribution in [3.8, 4) is 0 Å². The van der Waals surface area contributed by atoms with E-state index >= 15 is 0 Å². The molecule has 2 aromatic carbocycles. The first-order chi connectivity index (χ1) is 12.6. The fourth-order valence-corrected chi connectivity index (χ4v) is 2.29. The number of aliphatic hydroxyl groups is 1. The van der Waals surface area contributed by atoms with Crippen molar-refractivity contribution in [3.05, 3.63) is 83.9 Å². The molecule has 0 bridgehead atoms. The second-order valence-electron chi connectivity index (χ2n) is 5.55. The molecule has 0 saturated heterocycles. The highest BCUT2D eigenvalue weighted by Gasteiger charge is 2.11. The van der Waals surface area contributed by atoms with Gasteiger partial charge in [0.05, 0.1) is 6.10 Å². The van der Waals surface area contributed by atoms with Gasteiger partial charge in [0.1, 0.15) is 5.82 Å². The van der Waals surface area contributed by atoms with E-state index in [2.05, 4.69) is 20.6 Å². The summed E-state index contributed by atoms with van der Waals surface area (Å²) in [6.07, 6.45) is 2.35. The molecule has 6 nitrogen and oxygen atoms in total. The molecule has 7 heteroatoms. The lowest BCUT2D eigenvalue weighted by molar-refractivity contribution is 0.0916. The molecule has 0 radical (unpaired) electrons. The number of benzene rings is 2. The molecular formula is C19H17FN4O2. The average molecular weight is 352 g/mol. The Labute approximate surface area is 149 Å². The van der Waals surface area contributed by atoms with E-state index in [1.807, 2.05) is 0 Å². The van der Waals surface area contributed by atoms with E-state index in [1.165, 1.54) is 24.3 Å². The molecule has 0 fully saturated rings.